The fraction of sp³-hybridized carbons (Fsp3) is 0.600. The van der Waals surface area contributed by atoms with E-state index in [9.17, 15) is 4.21 Å². The van der Waals surface area contributed by atoms with Gasteiger partial charge in [-0.1, -0.05) is 57.5 Å². The first-order valence-electron chi connectivity index (χ1n) is 8.73. The standard InChI is InChI=1S/C20H34O2SSi/c1-16(15-22-24(7,8)20(4,5)6)14-17(2)18(3)23(21)19-12-10-9-11-13-19/h9-14,16,18H,15H2,1-8H3/b17-14+/t16-,18+,23?/m1/s1. The summed E-state index contributed by atoms with van der Waals surface area (Å²) in [5.74, 6) is 0.328. The zero-order valence-corrected chi connectivity index (χ0v) is 18.4. The van der Waals surface area contributed by atoms with E-state index in [-0.39, 0.29) is 10.3 Å². The minimum absolute atomic E-state index is 0.0164. The van der Waals surface area contributed by atoms with Gasteiger partial charge in [-0.25, -0.2) is 0 Å². The molecule has 0 spiro atoms. The highest BCUT2D eigenvalue weighted by atomic mass is 32.2. The molecule has 0 amide bonds. The van der Waals surface area contributed by atoms with Crippen LogP contribution in [-0.4, -0.2) is 24.4 Å². The van der Waals surface area contributed by atoms with Crippen molar-refractivity contribution in [2.75, 3.05) is 6.61 Å². The Balaban J connectivity index is 2.69. The fourth-order valence-corrected chi connectivity index (χ4v) is 4.48. The maximum absolute atomic E-state index is 12.7. The third-order valence-electron chi connectivity index (χ3n) is 5.00. The Hall–Kier alpha value is -0.713. The van der Waals surface area contributed by atoms with Gasteiger partial charge in [0.15, 0.2) is 8.32 Å². The molecule has 1 aromatic rings. The molecule has 0 fully saturated rings. The lowest BCUT2D eigenvalue weighted by atomic mass is 10.1. The Morgan fingerprint density at radius 1 is 1.21 bits per heavy atom. The lowest BCUT2D eigenvalue weighted by molar-refractivity contribution is 0.259. The lowest BCUT2D eigenvalue weighted by Gasteiger charge is -2.36. The van der Waals surface area contributed by atoms with Gasteiger partial charge in [0.1, 0.15) is 0 Å². The van der Waals surface area contributed by atoms with Crippen LogP contribution in [0.1, 0.15) is 41.5 Å². The Morgan fingerprint density at radius 3 is 2.25 bits per heavy atom. The molecule has 1 aromatic carbocycles. The highest BCUT2D eigenvalue weighted by molar-refractivity contribution is 7.85. The van der Waals surface area contributed by atoms with Crippen molar-refractivity contribution in [1.82, 2.24) is 0 Å². The molecule has 0 aromatic heterocycles. The SMILES string of the molecule is C/C(=C\[C@@H](C)CO[Si](C)(C)C(C)(C)C)[C@H](C)S(=O)c1ccccc1. The largest absolute Gasteiger partial charge is 0.416 e. The van der Waals surface area contributed by atoms with Crippen LogP contribution in [0.5, 0.6) is 0 Å². The minimum atomic E-state index is -1.71. The molecule has 0 saturated carbocycles. The van der Waals surface area contributed by atoms with Gasteiger partial charge < -0.3 is 4.43 Å². The van der Waals surface area contributed by atoms with Crippen LogP contribution in [0.4, 0.5) is 0 Å². The van der Waals surface area contributed by atoms with Crippen LogP contribution < -0.4 is 0 Å². The fourth-order valence-electron chi connectivity index (χ4n) is 2.12. The first-order chi connectivity index (χ1) is 11.0. The topological polar surface area (TPSA) is 26.3 Å². The second kappa shape index (κ2) is 8.59. The van der Waals surface area contributed by atoms with E-state index in [2.05, 4.69) is 53.8 Å². The Labute approximate surface area is 152 Å². The molecule has 3 atom stereocenters. The van der Waals surface area contributed by atoms with Crippen molar-refractivity contribution in [3.8, 4) is 0 Å². The van der Waals surface area contributed by atoms with Crippen molar-refractivity contribution in [1.29, 1.82) is 0 Å². The predicted molar refractivity (Wildman–Crippen MR) is 108 cm³/mol. The number of benzene rings is 1. The highest BCUT2D eigenvalue weighted by Crippen LogP contribution is 2.36. The molecule has 1 unspecified atom stereocenters. The molecule has 0 N–H and O–H groups in total. The third kappa shape index (κ3) is 5.98. The molecule has 1 rings (SSSR count). The molecule has 0 aliphatic heterocycles. The second-order valence-electron chi connectivity index (χ2n) is 8.21. The first-order valence-corrected chi connectivity index (χ1v) is 12.9. The zero-order chi connectivity index (χ0) is 18.5. The van der Waals surface area contributed by atoms with Crippen LogP contribution in [0, 0.1) is 5.92 Å². The van der Waals surface area contributed by atoms with Crippen LogP contribution in [0.2, 0.25) is 18.1 Å². The quantitative estimate of drug-likeness (QED) is 0.451. The normalized spacial score (nSPS) is 17.4. The third-order valence-corrected chi connectivity index (χ3v) is 11.3. The van der Waals surface area contributed by atoms with Gasteiger partial charge in [-0.2, -0.15) is 0 Å². The van der Waals surface area contributed by atoms with E-state index in [1.807, 2.05) is 37.3 Å². The molecule has 136 valence electrons. The van der Waals surface area contributed by atoms with Gasteiger partial charge in [-0.05, 0) is 50.0 Å². The lowest BCUT2D eigenvalue weighted by Crippen LogP contribution is -2.41. The van der Waals surface area contributed by atoms with Crippen molar-refractivity contribution in [2.45, 2.75) is 69.8 Å². The molecule has 24 heavy (non-hydrogen) atoms. The Kier molecular flexibility index (Phi) is 7.63. The summed E-state index contributed by atoms with van der Waals surface area (Å²) >= 11 is 0. The van der Waals surface area contributed by atoms with E-state index in [1.54, 1.807) is 0 Å². The van der Waals surface area contributed by atoms with Crippen LogP contribution in [0.3, 0.4) is 0 Å². The summed E-state index contributed by atoms with van der Waals surface area (Å²) in [7, 11) is -2.72. The van der Waals surface area contributed by atoms with Crippen molar-refractivity contribution in [2.24, 2.45) is 5.92 Å². The van der Waals surface area contributed by atoms with E-state index in [1.165, 1.54) is 5.57 Å². The molecule has 2 nitrogen and oxygen atoms in total. The number of hydrogen-bond acceptors (Lipinski definition) is 2. The molecule has 0 radical (unpaired) electrons. The van der Waals surface area contributed by atoms with Crippen molar-refractivity contribution >= 4 is 19.1 Å². The monoisotopic (exact) mass is 366 g/mol. The van der Waals surface area contributed by atoms with E-state index >= 15 is 0 Å². The van der Waals surface area contributed by atoms with Crippen molar-refractivity contribution in [3.63, 3.8) is 0 Å². The highest BCUT2D eigenvalue weighted by Gasteiger charge is 2.37. The smallest absolute Gasteiger partial charge is 0.192 e. The summed E-state index contributed by atoms with van der Waals surface area (Å²) in [5.41, 5.74) is 1.17. The van der Waals surface area contributed by atoms with Crippen LogP contribution >= 0.6 is 0 Å². The number of rotatable bonds is 7. The van der Waals surface area contributed by atoms with Gasteiger partial charge in [0.2, 0.25) is 0 Å². The van der Waals surface area contributed by atoms with Gasteiger partial charge in [0.05, 0.1) is 16.0 Å². The summed E-state index contributed by atoms with van der Waals surface area (Å²) in [6, 6.07) is 9.70. The van der Waals surface area contributed by atoms with Gasteiger partial charge in [-0.15, -0.1) is 0 Å². The maximum atomic E-state index is 12.7. The Bertz CT molecular complexity index is 573. The van der Waals surface area contributed by atoms with E-state index in [0.29, 0.717) is 5.92 Å². The van der Waals surface area contributed by atoms with Gasteiger partial charge in [-0.3, -0.25) is 4.21 Å². The maximum Gasteiger partial charge on any atom is 0.192 e. The molecule has 0 heterocycles. The van der Waals surface area contributed by atoms with Crippen molar-refractivity contribution in [3.05, 3.63) is 42.0 Å². The van der Waals surface area contributed by atoms with Crippen LogP contribution in [0.15, 0.2) is 46.9 Å². The molecule has 0 bridgehead atoms. The molecular formula is C20H34O2SSi. The van der Waals surface area contributed by atoms with E-state index in [0.717, 1.165) is 11.5 Å². The van der Waals surface area contributed by atoms with Gasteiger partial charge >= 0.3 is 0 Å². The summed E-state index contributed by atoms with van der Waals surface area (Å²) in [6.45, 7) is 18.4. The summed E-state index contributed by atoms with van der Waals surface area (Å²) < 4.78 is 19.0. The Morgan fingerprint density at radius 2 is 1.75 bits per heavy atom. The predicted octanol–water partition coefficient (Wildman–Crippen LogP) is 5.79. The molecule has 0 aliphatic carbocycles. The number of hydrogen-bond donors (Lipinski definition) is 0. The minimum Gasteiger partial charge on any atom is -0.416 e. The van der Waals surface area contributed by atoms with Crippen LogP contribution in [0.25, 0.3) is 0 Å². The summed E-state index contributed by atoms with van der Waals surface area (Å²) in [4.78, 5) is 0.892. The van der Waals surface area contributed by atoms with Crippen molar-refractivity contribution < 1.29 is 8.63 Å². The average Bonchev–Trinajstić information content (AvgIpc) is 2.51. The van der Waals surface area contributed by atoms with E-state index in [4.69, 9.17) is 4.43 Å². The van der Waals surface area contributed by atoms with Crippen LogP contribution in [-0.2, 0) is 15.2 Å². The summed E-state index contributed by atoms with van der Waals surface area (Å²) in [5, 5.41) is 0.246. The zero-order valence-electron chi connectivity index (χ0n) is 16.6. The van der Waals surface area contributed by atoms with Gasteiger partial charge in [0.25, 0.3) is 0 Å². The summed E-state index contributed by atoms with van der Waals surface area (Å²) in [6.07, 6.45) is 2.22. The molecular weight excluding hydrogens is 332 g/mol. The van der Waals surface area contributed by atoms with Gasteiger partial charge in [0, 0.05) is 11.5 Å². The molecule has 0 saturated heterocycles. The second-order valence-corrected chi connectivity index (χ2v) is 14.8. The first kappa shape index (κ1) is 21.3. The average molecular weight is 367 g/mol. The van der Waals surface area contributed by atoms with E-state index < -0.39 is 19.1 Å². The molecule has 4 heteroatoms. The molecule has 0 aliphatic rings.